The zero-order valence-corrected chi connectivity index (χ0v) is 11.6. The summed E-state index contributed by atoms with van der Waals surface area (Å²) in [6.45, 7) is 1.78. The summed E-state index contributed by atoms with van der Waals surface area (Å²) in [5, 5.41) is 10.7. The Kier molecular flexibility index (Phi) is 6.66. The fraction of sp³-hybridized carbons (Fsp3) is 0.462. The molecule has 6 heteroatoms. The molecule has 0 aliphatic heterocycles. The van der Waals surface area contributed by atoms with Gasteiger partial charge in [0.05, 0.1) is 6.61 Å². The molecule has 2 N–H and O–H groups in total. The normalized spacial score (nSPS) is 13.8. The van der Waals surface area contributed by atoms with Gasteiger partial charge in [-0.05, 0) is 31.0 Å². The fourth-order valence-corrected chi connectivity index (χ4v) is 2.37. The molecule has 0 heterocycles. The van der Waals surface area contributed by atoms with Crippen LogP contribution in [0.15, 0.2) is 24.3 Å². The zero-order chi connectivity index (χ0) is 14.3. The van der Waals surface area contributed by atoms with Crippen molar-refractivity contribution in [1.29, 1.82) is 0 Å². The van der Waals surface area contributed by atoms with Crippen molar-refractivity contribution < 1.29 is 18.5 Å². The number of aliphatic hydroxyl groups is 1. The topological polar surface area (TPSA) is 66.4 Å². The predicted octanol–water partition coefficient (Wildman–Crippen LogP) is 0.614. The first kappa shape index (κ1) is 15.8. The number of nitrogens with one attached hydrogen (secondary N) is 1. The maximum Gasteiger partial charge on any atom is 0.235 e. The molecule has 0 radical (unpaired) electrons. The van der Waals surface area contributed by atoms with Crippen LogP contribution in [0, 0.1) is 5.82 Å². The van der Waals surface area contributed by atoms with Gasteiger partial charge in [0.15, 0.2) is 0 Å². The molecule has 106 valence electrons. The van der Waals surface area contributed by atoms with E-state index in [-0.39, 0.29) is 24.1 Å². The van der Waals surface area contributed by atoms with Crippen molar-refractivity contribution in [3.05, 3.63) is 35.6 Å². The molecule has 4 nitrogen and oxygen atoms in total. The minimum atomic E-state index is -1.36. The van der Waals surface area contributed by atoms with E-state index < -0.39 is 16.0 Å². The van der Waals surface area contributed by atoms with Gasteiger partial charge in [-0.15, -0.1) is 0 Å². The largest absolute Gasteiger partial charge is 0.395 e. The van der Waals surface area contributed by atoms with Gasteiger partial charge in [0, 0.05) is 23.1 Å². The third-order valence-corrected chi connectivity index (χ3v) is 4.27. The Bertz CT molecular complexity index is 436. The molecule has 0 spiro atoms. The van der Waals surface area contributed by atoms with Gasteiger partial charge in [-0.1, -0.05) is 12.1 Å². The van der Waals surface area contributed by atoms with E-state index in [0.717, 1.165) is 5.56 Å². The Balaban J connectivity index is 2.34. The summed E-state index contributed by atoms with van der Waals surface area (Å²) in [4.78, 5) is 11.7. The van der Waals surface area contributed by atoms with Crippen LogP contribution in [0.1, 0.15) is 12.5 Å². The Morgan fingerprint density at radius 3 is 2.63 bits per heavy atom. The molecule has 2 atom stereocenters. The van der Waals surface area contributed by atoms with Crippen LogP contribution >= 0.6 is 0 Å². The van der Waals surface area contributed by atoms with Crippen LogP contribution in [0.5, 0.6) is 0 Å². The van der Waals surface area contributed by atoms with Gasteiger partial charge in [0.25, 0.3) is 0 Å². The average Bonchev–Trinajstić information content (AvgIpc) is 2.40. The van der Waals surface area contributed by atoms with Crippen molar-refractivity contribution in [2.75, 3.05) is 18.9 Å². The molecular formula is C13H18FNO3S. The first-order valence-electron chi connectivity index (χ1n) is 6.04. The number of hydrogen-bond acceptors (Lipinski definition) is 3. The number of hydrogen-bond donors (Lipinski definition) is 2. The summed E-state index contributed by atoms with van der Waals surface area (Å²) in [7, 11) is -1.36. The van der Waals surface area contributed by atoms with E-state index in [0.29, 0.717) is 13.0 Å². The number of aliphatic hydroxyl groups excluding tert-OH is 1. The third-order valence-electron chi connectivity index (χ3n) is 2.68. The van der Waals surface area contributed by atoms with Gasteiger partial charge in [-0.25, -0.2) is 4.39 Å². The minimum Gasteiger partial charge on any atom is -0.395 e. The zero-order valence-electron chi connectivity index (χ0n) is 10.8. The third kappa shape index (κ3) is 5.48. The van der Waals surface area contributed by atoms with E-state index in [2.05, 4.69) is 5.32 Å². The SMILES string of the molecule is CC(C(=O)NCCc1ccc(F)cc1)S(=O)CCO. The molecule has 0 saturated heterocycles. The Labute approximate surface area is 114 Å². The van der Waals surface area contributed by atoms with Crippen molar-refractivity contribution in [1.82, 2.24) is 5.32 Å². The number of carbonyl (C=O) groups is 1. The van der Waals surface area contributed by atoms with E-state index in [9.17, 15) is 13.4 Å². The smallest absolute Gasteiger partial charge is 0.235 e. The lowest BCUT2D eigenvalue weighted by atomic mass is 10.1. The molecule has 1 aromatic carbocycles. The highest BCUT2D eigenvalue weighted by Gasteiger charge is 2.18. The number of halogens is 1. The van der Waals surface area contributed by atoms with E-state index in [1.54, 1.807) is 19.1 Å². The monoisotopic (exact) mass is 287 g/mol. The van der Waals surface area contributed by atoms with E-state index in [1.165, 1.54) is 12.1 Å². The summed E-state index contributed by atoms with van der Waals surface area (Å²) >= 11 is 0. The molecule has 1 amide bonds. The first-order chi connectivity index (χ1) is 9.04. The fourth-order valence-electron chi connectivity index (χ4n) is 1.51. The molecule has 0 saturated carbocycles. The second kappa shape index (κ2) is 8.01. The molecule has 0 aromatic heterocycles. The highest BCUT2D eigenvalue weighted by molar-refractivity contribution is 7.86. The van der Waals surface area contributed by atoms with Crippen molar-refractivity contribution in [3.63, 3.8) is 0 Å². The van der Waals surface area contributed by atoms with Gasteiger partial charge in [0.1, 0.15) is 11.1 Å². The standard InChI is InChI=1S/C13H18FNO3S/c1-10(19(18)9-8-16)13(17)15-7-6-11-2-4-12(14)5-3-11/h2-5,10,16H,6-9H2,1H3,(H,15,17). The van der Waals surface area contributed by atoms with Crippen LogP contribution < -0.4 is 5.32 Å². The summed E-state index contributed by atoms with van der Waals surface area (Å²) < 4.78 is 24.2. The molecule has 1 aromatic rings. The maximum absolute atomic E-state index is 12.7. The molecule has 0 bridgehead atoms. The summed E-state index contributed by atoms with van der Waals surface area (Å²) in [6, 6.07) is 6.07. The highest BCUT2D eigenvalue weighted by Crippen LogP contribution is 2.03. The Morgan fingerprint density at radius 1 is 1.42 bits per heavy atom. The van der Waals surface area contributed by atoms with Crippen molar-refractivity contribution >= 4 is 16.7 Å². The van der Waals surface area contributed by atoms with Crippen molar-refractivity contribution in [2.45, 2.75) is 18.6 Å². The van der Waals surface area contributed by atoms with Gasteiger partial charge in [-0.2, -0.15) is 0 Å². The molecular weight excluding hydrogens is 269 g/mol. The quantitative estimate of drug-likeness (QED) is 0.772. The molecule has 0 aliphatic carbocycles. The lowest BCUT2D eigenvalue weighted by Gasteiger charge is -2.11. The first-order valence-corrected chi connectivity index (χ1v) is 7.43. The van der Waals surface area contributed by atoms with Crippen LogP contribution in [0.3, 0.4) is 0 Å². The summed E-state index contributed by atoms with van der Waals surface area (Å²) in [6.07, 6.45) is 0.589. The second-order valence-corrected chi connectivity index (χ2v) is 6.00. The molecule has 19 heavy (non-hydrogen) atoms. The molecule has 0 aliphatic rings. The van der Waals surface area contributed by atoms with Crippen molar-refractivity contribution in [2.24, 2.45) is 0 Å². The van der Waals surface area contributed by atoms with Crippen LogP contribution in [-0.4, -0.2) is 39.4 Å². The van der Waals surface area contributed by atoms with E-state index in [4.69, 9.17) is 5.11 Å². The van der Waals surface area contributed by atoms with Crippen LogP contribution in [-0.2, 0) is 22.0 Å². The molecule has 0 fully saturated rings. The van der Waals surface area contributed by atoms with Crippen molar-refractivity contribution in [3.8, 4) is 0 Å². The van der Waals surface area contributed by atoms with Crippen LogP contribution in [0.25, 0.3) is 0 Å². The molecule has 2 unspecified atom stereocenters. The number of benzene rings is 1. The van der Waals surface area contributed by atoms with Gasteiger partial charge in [-0.3, -0.25) is 9.00 Å². The maximum atomic E-state index is 12.7. The number of rotatable bonds is 7. The second-order valence-electron chi connectivity index (χ2n) is 4.12. The minimum absolute atomic E-state index is 0.104. The highest BCUT2D eigenvalue weighted by atomic mass is 32.2. The summed E-state index contributed by atoms with van der Waals surface area (Å²) in [5.74, 6) is -0.485. The summed E-state index contributed by atoms with van der Waals surface area (Å²) in [5.41, 5.74) is 0.922. The average molecular weight is 287 g/mol. The van der Waals surface area contributed by atoms with Gasteiger partial charge >= 0.3 is 0 Å². The molecule has 1 rings (SSSR count). The van der Waals surface area contributed by atoms with E-state index >= 15 is 0 Å². The van der Waals surface area contributed by atoms with E-state index in [1.807, 2.05) is 0 Å². The number of amides is 1. The van der Waals surface area contributed by atoms with Gasteiger partial charge in [0.2, 0.25) is 5.91 Å². The van der Waals surface area contributed by atoms with Crippen LogP contribution in [0.4, 0.5) is 4.39 Å². The lowest BCUT2D eigenvalue weighted by molar-refractivity contribution is -0.120. The Morgan fingerprint density at radius 2 is 2.05 bits per heavy atom. The van der Waals surface area contributed by atoms with Gasteiger partial charge < -0.3 is 10.4 Å². The predicted molar refractivity (Wildman–Crippen MR) is 72.7 cm³/mol. The Hall–Kier alpha value is -1.27. The lowest BCUT2D eigenvalue weighted by Crippen LogP contribution is -2.37. The van der Waals surface area contributed by atoms with Crippen LogP contribution in [0.2, 0.25) is 0 Å². The number of carbonyl (C=O) groups excluding carboxylic acids is 1.